The molecule has 0 radical (unpaired) electrons. The number of allylic oxidation sites excluding steroid dienone is 1. The molecule has 1 aliphatic heterocycles. The summed E-state index contributed by atoms with van der Waals surface area (Å²) in [5.41, 5.74) is 4.68. The fraction of sp³-hybridized carbons (Fsp3) is 0.393. The minimum atomic E-state index is -0.373. The van der Waals surface area contributed by atoms with Gasteiger partial charge in [-0.05, 0) is 47.6 Å². The van der Waals surface area contributed by atoms with Crippen molar-refractivity contribution in [2.45, 2.75) is 59.4 Å². The van der Waals surface area contributed by atoms with Crippen LogP contribution in [0.5, 0.6) is 0 Å². The zero-order chi connectivity index (χ0) is 24.1. The third kappa shape index (κ3) is 5.70. The third-order valence-corrected chi connectivity index (χ3v) is 5.99. The van der Waals surface area contributed by atoms with E-state index in [1.54, 1.807) is 23.1 Å². The van der Waals surface area contributed by atoms with Crippen LogP contribution < -0.4 is 0 Å². The second-order valence-corrected chi connectivity index (χ2v) is 9.36. The van der Waals surface area contributed by atoms with Crippen molar-refractivity contribution in [3.8, 4) is 6.07 Å². The number of carbonyl (C=O) groups excluding carboxylic acids is 2. The van der Waals surface area contributed by atoms with Gasteiger partial charge in [-0.3, -0.25) is 4.79 Å². The number of carbonyl (C=O) groups is 2. The van der Waals surface area contributed by atoms with Gasteiger partial charge in [0.25, 0.3) is 0 Å². The molecule has 2 aromatic rings. The molecule has 0 fully saturated rings. The number of nitrogens with zero attached hydrogens (tertiary/aromatic N) is 2. The van der Waals surface area contributed by atoms with Crippen LogP contribution in [0.15, 0.2) is 59.8 Å². The van der Waals surface area contributed by atoms with Gasteiger partial charge in [-0.2, -0.15) is 5.26 Å². The average molecular weight is 445 g/mol. The maximum Gasteiger partial charge on any atom is 0.336 e. The van der Waals surface area contributed by atoms with E-state index in [1.165, 1.54) is 5.56 Å². The fourth-order valence-electron chi connectivity index (χ4n) is 4.11. The highest BCUT2D eigenvalue weighted by molar-refractivity contribution is 5.95. The number of benzene rings is 2. The van der Waals surface area contributed by atoms with Gasteiger partial charge in [0.05, 0.1) is 30.4 Å². The summed E-state index contributed by atoms with van der Waals surface area (Å²) >= 11 is 0. The van der Waals surface area contributed by atoms with Gasteiger partial charge in [0.1, 0.15) is 0 Å². The molecule has 0 aromatic heterocycles. The van der Waals surface area contributed by atoms with Crippen molar-refractivity contribution in [2.24, 2.45) is 5.92 Å². The Morgan fingerprint density at radius 1 is 1.15 bits per heavy atom. The first kappa shape index (κ1) is 24.3. The summed E-state index contributed by atoms with van der Waals surface area (Å²) in [7, 11) is 0. The van der Waals surface area contributed by atoms with Crippen molar-refractivity contribution in [1.29, 1.82) is 5.26 Å². The van der Waals surface area contributed by atoms with Crippen molar-refractivity contribution in [3.05, 3.63) is 82.1 Å². The number of rotatable bonds is 7. The zero-order valence-electron chi connectivity index (χ0n) is 20.1. The summed E-state index contributed by atoms with van der Waals surface area (Å²) in [6.45, 7) is 10.7. The number of hydrogen-bond donors (Lipinski definition) is 0. The predicted octanol–water partition coefficient (Wildman–Crippen LogP) is 5.67. The Bertz CT molecular complexity index is 1090. The molecule has 5 nitrogen and oxygen atoms in total. The van der Waals surface area contributed by atoms with Gasteiger partial charge < -0.3 is 9.64 Å². The standard InChI is InChI=1S/C28H32N2O3/c1-18(2)17-33-28(32)27-20(5)30(16-22-8-6-7-21(13-22)15-29)26(31)14-25(27)24-11-9-23(10-12-24)19(3)4/h6-13,18-19,25H,14,16-17H2,1-5H3. The topological polar surface area (TPSA) is 70.4 Å². The minimum absolute atomic E-state index is 0.0480. The molecular formula is C28H32N2O3. The van der Waals surface area contributed by atoms with Crippen LogP contribution in [0.1, 0.15) is 75.1 Å². The van der Waals surface area contributed by atoms with E-state index in [-0.39, 0.29) is 30.1 Å². The largest absolute Gasteiger partial charge is 0.462 e. The number of nitriles is 1. The first-order valence-corrected chi connectivity index (χ1v) is 11.5. The summed E-state index contributed by atoms with van der Waals surface area (Å²) in [5.74, 6) is -0.149. The maximum atomic E-state index is 13.2. The Kier molecular flexibility index (Phi) is 7.71. The molecule has 3 rings (SSSR count). The van der Waals surface area contributed by atoms with Crippen LogP contribution in [0.25, 0.3) is 0 Å². The molecule has 1 heterocycles. The third-order valence-electron chi connectivity index (χ3n) is 5.99. The summed E-state index contributed by atoms with van der Waals surface area (Å²) in [6.07, 6.45) is 0.197. The van der Waals surface area contributed by atoms with Gasteiger partial charge in [-0.25, -0.2) is 4.79 Å². The highest BCUT2D eigenvalue weighted by Crippen LogP contribution is 2.38. The summed E-state index contributed by atoms with van der Waals surface area (Å²) < 4.78 is 5.62. The molecule has 5 heteroatoms. The monoisotopic (exact) mass is 444 g/mol. The van der Waals surface area contributed by atoms with E-state index in [2.05, 4.69) is 32.0 Å². The Morgan fingerprint density at radius 3 is 2.45 bits per heavy atom. The lowest BCUT2D eigenvalue weighted by Gasteiger charge is -2.34. The van der Waals surface area contributed by atoms with Gasteiger partial charge in [0.15, 0.2) is 0 Å². The summed E-state index contributed by atoms with van der Waals surface area (Å²) in [4.78, 5) is 28.1. The SMILES string of the molecule is CC1=C(C(=O)OCC(C)C)C(c2ccc(C(C)C)cc2)CC(=O)N1Cc1cccc(C#N)c1. The first-order valence-electron chi connectivity index (χ1n) is 11.5. The summed E-state index contributed by atoms with van der Waals surface area (Å²) in [5, 5.41) is 9.20. The lowest BCUT2D eigenvalue weighted by Crippen LogP contribution is -2.38. The van der Waals surface area contributed by atoms with E-state index >= 15 is 0 Å². The minimum Gasteiger partial charge on any atom is -0.462 e. The zero-order valence-corrected chi connectivity index (χ0v) is 20.1. The van der Waals surface area contributed by atoms with Crippen molar-refractivity contribution < 1.29 is 14.3 Å². The molecule has 33 heavy (non-hydrogen) atoms. The van der Waals surface area contributed by atoms with Crippen LogP contribution in [0.3, 0.4) is 0 Å². The number of ether oxygens (including phenoxy) is 1. The quantitative estimate of drug-likeness (QED) is 0.516. The van der Waals surface area contributed by atoms with Gasteiger partial charge >= 0.3 is 5.97 Å². The molecule has 172 valence electrons. The fourth-order valence-corrected chi connectivity index (χ4v) is 4.11. The predicted molar refractivity (Wildman–Crippen MR) is 128 cm³/mol. The van der Waals surface area contributed by atoms with Crippen molar-refractivity contribution in [1.82, 2.24) is 4.90 Å². The summed E-state index contributed by atoms with van der Waals surface area (Å²) in [6, 6.07) is 17.5. The Labute approximate surface area is 196 Å². The van der Waals surface area contributed by atoms with E-state index in [0.29, 0.717) is 35.9 Å². The molecule has 0 aliphatic carbocycles. The van der Waals surface area contributed by atoms with Crippen LogP contribution >= 0.6 is 0 Å². The second-order valence-electron chi connectivity index (χ2n) is 9.36. The molecule has 1 atom stereocenters. The highest BCUT2D eigenvalue weighted by Gasteiger charge is 2.37. The van der Waals surface area contributed by atoms with Crippen LogP contribution in [-0.4, -0.2) is 23.4 Å². The molecule has 0 saturated heterocycles. The van der Waals surface area contributed by atoms with Crippen molar-refractivity contribution >= 4 is 11.9 Å². The van der Waals surface area contributed by atoms with Gasteiger partial charge in [-0.1, -0.05) is 64.1 Å². The van der Waals surface area contributed by atoms with Gasteiger partial charge in [0, 0.05) is 18.0 Å². The highest BCUT2D eigenvalue weighted by atomic mass is 16.5. The molecule has 0 saturated carbocycles. The molecule has 1 aliphatic rings. The van der Waals surface area contributed by atoms with E-state index < -0.39 is 0 Å². The van der Waals surface area contributed by atoms with Gasteiger partial charge in [0.2, 0.25) is 5.91 Å². The molecule has 1 unspecified atom stereocenters. The molecule has 1 amide bonds. The van der Waals surface area contributed by atoms with Crippen LogP contribution in [-0.2, 0) is 20.9 Å². The normalized spacial score (nSPS) is 16.4. The molecule has 2 aromatic carbocycles. The average Bonchev–Trinajstić information content (AvgIpc) is 2.80. The van der Waals surface area contributed by atoms with E-state index in [1.807, 2.05) is 39.0 Å². The lowest BCUT2D eigenvalue weighted by molar-refractivity contribution is -0.141. The lowest BCUT2D eigenvalue weighted by atomic mass is 9.83. The van der Waals surface area contributed by atoms with Crippen molar-refractivity contribution in [2.75, 3.05) is 6.61 Å². The van der Waals surface area contributed by atoms with Crippen LogP contribution in [0.4, 0.5) is 0 Å². The first-order chi connectivity index (χ1) is 15.7. The van der Waals surface area contributed by atoms with Gasteiger partial charge in [-0.15, -0.1) is 0 Å². The molecule has 0 spiro atoms. The number of hydrogen-bond acceptors (Lipinski definition) is 4. The molecular weight excluding hydrogens is 412 g/mol. The Balaban J connectivity index is 2.00. The Morgan fingerprint density at radius 2 is 1.85 bits per heavy atom. The maximum absolute atomic E-state index is 13.2. The van der Waals surface area contributed by atoms with Crippen LogP contribution in [0.2, 0.25) is 0 Å². The molecule has 0 N–H and O–H groups in total. The molecule has 0 bridgehead atoms. The van der Waals surface area contributed by atoms with E-state index in [4.69, 9.17) is 4.74 Å². The van der Waals surface area contributed by atoms with Crippen LogP contribution in [0, 0.1) is 17.2 Å². The Hall–Kier alpha value is -3.39. The smallest absolute Gasteiger partial charge is 0.336 e. The number of amides is 1. The van der Waals surface area contributed by atoms with Crippen molar-refractivity contribution in [3.63, 3.8) is 0 Å². The van der Waals surface area contributed by atoms with E-state index in [9.17, 15) is 14.9 Å². The number of esters is 1. The van der Waals surface area contributed by atoms with E-state index in [0.717, 1.165) is 11.1 Å². The second kappa shape index (κ2) is 10.5.